The zero-order valence-corrected chi connectivity index (χ0v) is 16.1. The minimum atomic E-state index is -0.225. The molecule has 2 amide bonds. The van der Waals surface area contributed by atoms with E-state index in [1.807, 2.05) is 22.1 Å². The van der Waals surface area contributed by atoms with Gasteiger partial charge in [0.05, 0.1) is 0 Å². The molecular formula is C21H30N4O2. The van der Waals surface area contributed by atoms with Gasteiger partial charge in [-0.05, 0) is 50.2 Å². The Morgan fingerprint density at radius 2 is 1.85 bits per heavy atom. The average Bonchev–Trinajstić information content (AvgIpc) is 3.56. The highest BCUT2D eigenvalue weighted by Crippen LogP contribution is 2.33. The molecule has 0 spiro atoms. The summed E-state index contributed by atoms with van der Waals surface area (Å²) in [7, 11) is 0. The van der Waals surface area contributed by atoms with Crippen LogP contribution in [0, 0.1) is 5.92 Å². The normalized spacial score (nSPS) is 24.5. The molecule has 0 N–H and O–H groups in total. The van der Waals surface area contributed by atoms with Crippen molar-refractivity contribution >= 4 is 11.8 Å². The van der Waals surface area contributed by atoms with Gasteiger partial charge in [0.2, 0.25) is 11.8 Å². The molecule has 2 aliphatic heterocycles. The highest BCUT2D eigenvalue weighted by Gasteiger charge is 2.40. The first-order chi connectivity index (χ1) is 13.2. The van der Waals surface area contributed by atoms with E-state index in [2.05, 4.69) is 16.0 Å². The molecule has 1 aromatic rings. The Morgan fingerprint density at radius 1 is 0.963 bits per heavy atom. The summed E-state index contributed by atoms with van der Waals surface area (Å²) in [6, 6.07) is 3.85. The van der Waals surface area contributed by atoms with E-state index in [0.29, 0.717) is 0 Å². The molecule has 2 saturated heterocycles. The number of amides is 2. The number of likely N-dealkylation sites (tertiary alicyclic amines) is 1. The second kappa shape index (κ2) is 8.38. The molecule has 1 aromatic heterocycles. The van der Waals surface area contributed by atoms with Crippen LogP contribution in [0.1, 0.15) is 44.1 Å². The van der Waals surface area contributed by atoms with Crippen LogP contribution in [0.2, 0.25) is 0 Å². The standard InChI is InChI=1S/C21H30N4O2/c26-20(18-7-8-18)25-12-2-1-6-19(25)21(27)24-11-4-10-23(13-14-24)16-17-5-3-9-22-15-17/h3,5,9,15,18-19H,1-2,4,6-8,10-14,16H2/t19-/m1/s1. The van der Waals surface area contributed by atoms with Crippen molar-refractivity contribution in [2.24, 2.45) is 5.92 Å². The molecule has 27 heavy (non-hydrogen) atoms. The molecule has 1 saturated carbocycles. The molecule has 6 nitrogen and oxygen atoms in total. The molecule has 1 atom stereocenters. The molecule has 6 heteroatoms. The Labute approximate surface area is 161 Å². The lowest BCUT2D eigenvalue weighted by atomic mass is 10.00. The first kappa shape index (κ1) is 18.4. The van der Waals surface area contributed by atoms with Crippen LogP contribution in [-0.2, 0) is 16.1 Å². The van der Waals surface area contributed by atoms with Crippen LogP contribution in [0.15, 0.2) is 24.5 Å². The summed E-state index contributed by atoms with van der Waals surface area (Å²) in [5.41, 5.74) is 1.21. The van der Waals surface area contributed by atoms with Crippen molar-refractivity contribution in [3.8, 4) is 0 Å². The molecule has 3 aliphatic rings. The fourth-order valence-corrected chi connectivity index (χ4v) is 4.33. The second-order valence-electron chi connectivity index (χ2n) is 8.13. The quantitative estimate of drug-likeness (QED) is 0.812. The zero-order valence-electron chi connectivity index (χ0n) is 16.1. The smallest absolute Gasteiger partial charge is 0.245 e. The number of piperidine rings is 1. The minimum absolute atomic E-state index is 0.173. The Kier molecular flexibility index (Phi) is 5.72. The summed E-state index contributed by atoms with van der Waals surface area (Å²) in [5, 5.41) is 0. The zero-order chi connectivity index (χ0) is 18.6. The second-order valence-corrected chi connectivity index (χ2v) is 8.13. The largest absolute Gasteiger partial charge is 0.340 e. The van der Waals surface area contributed by atoms with Crippen molar-refractivity contribution in [3.63, 3.8) is 0 Å². The molecule has 146 valence electrons. The Balaban J connectivity index is 1.36. The predicted molar refractivity (Wildman–Crippen MR) is 103 cm³/mol. The van der Waals surface area contributed by atoms with Gasteiger partial charge in [0, 0.05) is 57.6 Å². The van der Waals surface area contributed by atoms with E-state index >= 15 is 0 Å². The molecule has 3 heterocycles. The SMILES string of the molecule is O=C([C@H]1CCCCN1C(=O)C1CC1)N1CCCN(Cc2cccnc2)CC1. The van der Waals surface area contributed by atoms with E-state index in [0.717, 1.165) is 77.8 Å². The summed E-state index contributed by atoms with van der Waals surface area (Å²) in [6.45, 7) is 5.06. The van der Waals surface area contributed by atoms with Crippen molar-refractivity contribution in [1.82, 2.24) is 19.7 Å². The highest BCUT2D eigenvalue weighted by atomic mass is 16.2. The number of pyridine rings is 1. The summed E-state index contributed by atoms with van der Waals surface area (Å²) in [5.74, 6) is 0.588. The van der Waals surface area contributed by atoms with E-state index in [1.165, 1.54) is 5.56 Å². The number of nitrogens with zero attached hydrogens (tertiary/aromatic N) is 4. The van der Waals surface area contributed by atoms with Crippen LogP contribution in [0.3, 0.4) is 0 Å². The van der Waals surface area contributed by atoms with Crippen LogP contribution in [0.5, 0.6) is 0 Å². The van der Waals surface area contributed by atoms with Gasteiger partial charge in [-0.1, -0.05) is 6.07 Å². The summed E-state index contributed by atoms with van der Waals surface area (Å²) in [4.78, 5) is 36.4. The molecular weight excluding hydrogens is 340 g/mol. The third kappa shape index (κ3) is 4.49. The number of carbonyl (C=O) groups excluding carboxylic acids is 2. The topological polar surface area (TPSA) is 56.8 Å². The Hall–Kier alpha value is -1.95. The molecule has 0 unspecified atom stereocenters. The molecule has 0 bridgehead atoms. The van der Waals surface area contributed by atoms with Gasteiger partial charge in [0.1, 0.15) is 6.04 Å². The lowest BCUT2D eigenvalue weighted by Gasteiger charge is -2.37. The van der Waals surface area contributed by atoms with Crippen molar-refractivity contribution in [3.05, 3.63) is 30.1 Å². The fraction of sp³-hybridized carbons (Fsp3) is 0.667. The lowest BCUT2D eigenvalue weighted by molar-refractivity contribution is -0.148. The van der Waals surface area contributed by atoms with Crippen molar-refractivity contribution in [1.29, 1.82) is 0 Å². The van der Waals surface area contributed by atoms with Crippen LogP contribution in [0.25, 0.3) is 0 Å². The number of hydrogen-bond donors (Lipinski definition) is 0. The van der Waals surface area contributed by atoms with E-state index in [1.54, 1.807) is 6.20 Å². The van der Waals surface area contributed by atoms with Gasteiger partial charge in [0.15, 0.2) is 0 Å². The van der Waals surface area contributed by atoms with Gasteiger partial charge in [-0.15, -0.1) is 0 Å². The van der Waals surface area contributed by atoms with Crippen molar-refractivity contribution in [2.75, 3.05) is 32.7 Å². The molecule has 0 aromatic carbocycles. The van der Waals surface area contributed by atoms with Crippen molar-refractivity contribution in [2.45, 2.75) is 51.1 Å². The maximum absolute atomic E-state index is 13.2. The summed E-state index contributed by atoms with van der Waals surface area (Å²) < 4.78 is 0. The number of rotatable bonds is 4. The van der Waals surface area contributed by atoms with Crippen LogP contribution in [-0.4, -0.2) is 70.3 Å². The van der Waals surface area contributed by atoms with Crippen LogP contribution < -0.4 is 0 Å². The van der Waals surface area contributed by atoms with Crippen LogP contribution in [0.4, 0.5) is 0 Å². The summed E-state index contributed by atoms with van der Waals surface area (Å²) in [6.07, 6.45) is 9.60. The van der Waals surface area contributed by atoms with Gasteiger partial charge in [-0.2, -0.15) is 0 Å². The Bertz CT molecular complexity index is 661. The first-order valence-corrected chi connectivity index (χ1v) is 10.4. The number of hydrogen-bond acceptors (Lipinski definition) is 4. The third-order valence-corrected chi connectivity index (χ3v) is 6.03. The van der Waals surface area contributed by atoms with Crippen LogP contribution >= 0.6 is 0 Å². The van der Waals surface area contributed by atoms with Gasteiger partial charge in [-0.25, -0.2) is 0 Å². The monoisotopic (exact) mass is 370 g/mol. The van der Waals surface area contributed by atoms with Gasteiger partial charge >= 0.3 is 0 Å². The molecule has 4 rings (SSSR count). The predicted octanol–water partition coefficient (Wildman–Crippen LogP) is 1.91. The molecule has 1 aliphatic carbocycles. The fourth-order valence-electron chi connectivity index (χ4n) is 4.33. The third-order valence-electron chi connectivity index (χ3n) is 6.03. The highest BCUT2D eigenvalue weighted by molar-refractivity contribution is 5.89. The molecule has 0 radical (unpaired) electrons. The van der Waals surface area contributed by atoms with Gasteiger partial charge in [0.25, 0.3) is 0 Å². The van der Waals surface area contributed by atoms with Crippen molar-refractivity contribution < 1.29 is 9.59 Å². The average molecular weight is 370 g/mol. The van der Waals surface area contributed by atoms with E-state index in [-0.39, 0.29) is 23.8 Å². The number of aromatic nitrogens is 1. The van der Waals surface area contributed by atoms with E-state index in [9.17, 15) is 9.59 Å². The molecule has 3 fully saturated rings. The minimum Gasteiger partial charge on any atom is -0.340 e. The number of carbonyl (C=O) groups is 2. The maximum Gasteiger partial charge on any atom is 0.245 e. The summed E-state index contributed by atoms with van der Waals surface area (Å²) >= 11 is 0. The van der Waals surface area contributed by atoms with E-state index < -0.39 is 0 Å². The van der Waals surface area contributed by atoms with E-state index in [4.69, 9.17) is 0 Å². The lowest BCUT2D eigenvalue weighted by Crippen LogP contribution is -2.54. The Morgan fingerprint density at radius 3 is 2.63 bits per heavy atom. The first-order valence-electron chi connectivity index (χ1n) is 10.4. The van der Waals surface area contributed by atoms with Gasteiger partial charge in [-0.3, -0.25) is 19.5 Å². The maximum atomic E-state index is 13.2. The van der Waals surface area contributed by atoms with Gasteiger partial charge < -0.3 is 9.80 Å².